The third-order valence-corrected chi connectivity index (χ3v) is 7.93. The fourth-order valence-corrected chi connectivity index (χ4v) is 4.92. The second-order valence-electron chi connectivity index (χ2n) is 10.3. The van der Waals surface area contributed by atoms with Crippen molar-refractivity contribution in [3.63, 3.8) is 0 Å². The molecule has 0 aliphatic heterocycles. The number of thiol groups is 1. The zero-order valence-corrected chi connectivity index (χ0v) is 33.3. The van der Waals surface area contributed by atoms with Gasteiger partial charge in [-0.1, -0.05) is 140 Å². The maximum absolute atomic E-state index is 6.39. The zero-order chi connectivity index (χ0) is 37.2. The van der Waals surface area contributed by atoms with Crippen molar-refractivity contribution < 1.29 is 0 Å². The van der Waals surface area contributed by atoms with Gasteiger partial charge in [-0.2, -0.15) is 0 Å². The molecule has 0 saturated heterocycles. The van der Waals surface area contributed by atoms with Crippen LogP contribution in [0.5, 0.6) is 0 Å². The Hall–Kier alpha value is -3.03. The molecule has 266 valence electrons. The van der Waals surface area contributed by atoms with Gasteiger partial charge in [0.25, 0.3) is 0 Å². The van der Waals surface area contributed by atoms with E-state index in [9.17, 15) is 0 Å². The molecule has 5 aromatic rings. The first-order valence-electron chi connectivity index (χ1n) is 16.4. The second kappa shape index (κ2) is 32.9. The van der Waals surface area contributed by atoms with Crippen LogP contribution >= 0.6 is 70.9 Å². The number of benzene rings is 3. The Balaban J connectivity index is 0.000000374. The molecule has 2 aromatic heterocycles. The summed E-state index contributed by atoms with van der Waals surface area (Å²) in [5.74, 6) is 1.12. The molecule has 0 N–H and O–H groups in total. The summed E-state index contributed by atoms with van der Waals surface area (Å²) in [6.45, 7) is 3.63. The molecule has 5 rings (SSSR count). The van der Waals surface area contributed by atoms with E-state index in [1.807, 2.05) is 121 Å². The zero-order valence-electron chi connectivity index (χ0n) is 28.6. The summed E-state index contributed by atoms with van der Waals surface area (Å²) in [6.07, 6.45) is 17.4. The first kappa shape index (κ1) is 46.0. The minimum absolute atomic E-state index is 0.0935. The third-order valence-electron chi connectivity index (χ3n) is 6.64. The molecule has 0 spiro atoms. The standard InChI is InChI=1S/C20H22Cl2.C10H8N2.C8H8.C4H6Cl2.BHS2/c21-19(17-11-5-3-6-12-17)15-9-1-2-10-16-20(22)18-13-7-4-8-14-18;1-3-7-11-9(5-1)10-6-2-4-8-12-10;1-2-8-6-4-3-5-7-8;5-3-1-2-4-6;2-1-3/h1-8,11-14,19-20H,9-10,15-16H2;1-8H;2-7H,1H2;1-2H,3-4H2;2H/b2-1+;;;2-1+;. The van der Waals surface area contributed by atoms with Gasteiger partial charge in [0.2, 0.25) is 0 Å². The Labute approximate surface area is 337 Å². The van der Waals surface area contributed by atoms with E-state index in [4.69, 9.17) is 46.4 Å². The minimum atomic E-state index is 0.0935. The smallest absolute Gasteiger partial charge is 0.0886 e. The van der Waals surface area contributed by atoms with Gasteiger partial charge in [-0.05, 0) is 66.6 Å². The van der Waals surface area contributed by atoms with Crippen molar-refractivity contribution in [1.29, 1.82) is 0 Å². The van der Waals surface area contributed by atoms with Crippen LogP contribution in [-0.2, 0) is 0 Å². The van der Waals surface area contributed by atoms with Crippen LogP contribution in [0.15, 0.2) is 171 Å². The van der Waals surface area contributed by atoms with Crippen LogP contribution in [0.3, 0.4) is 0 Å². The number of halogens is 4. The van der Waals surface area contributed by atoms with Gasteiger partial charge in [-0.15, -0.1) is 46.4 Å². The number of hydrogen-bond acceptors (Lipinski definition) is 3. The summed E-state index contributed by atoms with van der Waals surface area (Å²) in [6, 6.07) is 42.1. The van der Waals surface area contributed by atoms with E-state index in [0.29, 0.717) is 11.8 Å². The number of rotatable bonds is 12. The third kappa shape index (κ3) is 24.0. The van der Waals surface area contributed by atoms with Crippen LogP contribution in [0, 0.1) is 0 Å². The molecule has 0 saturated carbocycles. The van der Waals surface area contributed by atoms with Gasteiger partial charge >= 0.3 is 30.0 Å². The fraction of sp³-hybridized carbons (Fsp3) is 0.190. The minimum Gasteiger partial charge on any atom is -0.255 e. The molecular formula is C42H45BCl4N2S2. The number of allylic oxidation sites excluding steroid dienone is 4. The molecule has 2 atom stereocenters. The van der Waals surface area contributed by atoms with E-state index in [0.717, 1.165) is 37.1 Å². The number of nitrogens with zero attached hydrogens (tertiary/aromatic N) is 2. The molecule has 0 aliphatic rings. The SMILES string of the molecule is C=Cc1ccccc1.ClC(CC/C=C/CCC(Cl)c1ccccc1)c1ccccc1.ClC/C=C/CCl.S=BS.c1ccc(-c2ccccn2)nc1. The van der Waals surface area contributed by atoms with Gasteiger partial charge in [0.1, 0.15) is 0 Å². The van der Waals surface area contributed by atoms with Crippen molar-refractivity contribution in [3.05, 3.63) is 187 Å². The summed E-state index contributed by atoms with van der Waals surface area (Å²) in [7, 11) is 0. The van der Waals surface area contributed by atoms with Crippen molar-refractivity contribution in [2.24, 2.45) is 0 Å². The number of pyridine rings is 2. The second-order valence-corrected chi connectivity index (χ2v) is 12.8. The van der Waals surface area contributed by atoms with Crippen LogP contribution in [0.25, 0.3) is 17.5 Å². The Morgan fingerprint density at radius 1 is 0.588 bits per heavy atom. The van der Waals surface area contributed by atoms with Gasteiger partial charge in [-0.3, -0.25) is 9.97 Å². The van der Waals surface area contributed by atoms with Crippen molar-refractivity contribution in [2.75, 3.05) is 11.8 Å². The van der Waals surface area contributed by atoms with Gasteiger partial charge in [0.05, 0.1) is 22.1 Å². The Kier molecular flexibility index (Phi) is 29.6. The van der Waals surface area contributed by atoms with Crippen LogP contribution in [0.1, 0.15) is 53.1 Å². The predicted octanol–water partition coefficient (Wildman–Crippen LogP) is 14.2. The van der Waals surface area contributed by atoms with E-state index >= 15 is 0 Å². The van der Waals surface area contributed by atoms with E-state index in [1.54, 1.807) is 12.4 Å². The predicted molar refractivity (Wildman–Crippen MR) is 235 cm³/mol. The van der Waals surface area contributed by atoms with Gasteiger partial charge < -0.3 is 0 Å². The Morgan fingerprint density at radius 2 is 0.941 bits per heavy atom. The molecule has 2 unspecified atom stereocenters. The van der Waals surface area contributed by atoms with Gasteiger partial charge in [-0.25, -0.2) is 0 Å². The molecule has 9 heteroatoms. The molecule has 0 bridgehead atoms. The summed E-state index contributed by atoms with van der Waals surface area (Å²) in [4.78, 5) is 8.37. The molecule has 51 heavy (non-hydrogen) atoms. The average molecular weight is 795 g/mol. The summed E-state index contributed by atoms with van der Waals surface area (Å²) >= 11 is 30.9. The summed E-state index contributed by atoms with van der Waals surface area (Å²) in [5, 5.41) is 0.187. The molecule has 0 fully saturated rings. The Morgan fingerprint density at radius 3 is 1.24 bits per heavy atom. The van der Waals surface area contributed by atoms with Crippen molar-refractivity contribution in [1.82, 2.24) is 9.97 Å². The first-order chi connectivity index (χ1) is 25.0. The topological polar surface area (TPSA) is 25.8 Å². The van der Waals surface area contributed by atoms with Crippen molar-refractivity contribution in [2.45, 2.75) is 36.4 Å². The number of aromatic nitrogens is 2. The Bertz CT molecular complexity index is 1490. The monoisotopic (exact) mass is 792 g/mol. The van der Waals surface area contributed by atoms with E-state index in [2.05, 4.69) is 77.5 Å². The summed E-state index contributed by atoms with van der Waals surface area (Å²) in [5.41, 5.74) is 6.67. The molecule has 0 amide bonds. The number of hydrogen-bond donors (Lipinski definition) is 1. The van der Waals surface area contributed by atoms with Crippen molar-refractivity contribution in [3.8, 4) is 11.4 Å². The molecule has 0 aliphatic carbocycles. The largest absolute Gasteiger partial charge is 0.255 e. The average Bonchev–Trinajstić information content (AvgIpc) is 3.21. The van der Waals surface area contributed by atoms with Crippen LogP contribution in [-0.4, -0.2) is 27.2 Å². The molecular weight excluding hydrogens is 749 g/mol. The maximum atomic E-state index is 6.39. The molecule has 2 heterocycles. The van der Waals surface area contributed by atoms with Crippen LogP contribution in [0.4, 0.5) is 0 Å². The van der Waals surface area contributed by atoms with E-state index in [-0.39, 0.29) is 10.8 Å². The van der Waals surface area contributed by atoms with Crippen LogP contribution in [0.2, 0.25) is 0 Å². The van der Waals surface area contributed by atoms with E-state index < -0.39 is 0 Å². The molecule has 2 nitrogen and oxygen atoms in total. The number of alkyl halides is 4. The fourth-order valence-electron chi connectivity index (χ4n) is 4.12. The van der Waals surface area contributed by atoms with Crippen molar-refractivity contribution >= 4 is 82.4 Å². The normalized spacial score (nSPS) is 11.1. The maximum Gasteiger partial charge on any atom is 0.0886 e. The molecule has 3 aromatic carbocycles. The summed E-state index contributed by atoms with van der Waals surface area (Å²) < 4.78 is 0. The first-order valence-corrected chi connectivity index (χ1v) is 19.3. The van der Waals surface area contributed by atoms with Gasteiger partial charge in [0.15, 0.2) is 0 Å². The quantitative estimate of drug-likeness (QED) is 0.0590. The molecule has 0 radical (unpaired) electrons. The van der Waals surface area contributed by atoms with E-state index in [1.165, 1.54) is 22.1 Å². The van der Waals surface area contributed by atoms with Gasteiger partial charge in [0, 0.05) is 24.2 Å². The van der Waals surface area contributed by atoms with Crippen LogP contribution < -0.4 is 0 Å².